The van der Waals surface area contributed by atoms with E-state index in [9.17, 15) is 14.4 Å². The number of carbonyl (C=O) groups is 3. The number of amides is 3. The molecular weight excluding hydrogens is 544 g/mol. The van der Waals surface area contributed by atoms with E-state index in [-0.39, 0.29) is 43.3 Å². The van der Waals surface area contributed by atoms with E-state index in [0.29, 0.717) is 11.3 Å². The molecule has 0 atom stereocenters. The van der Waals surface area contributed by atoms with Gasteiger partial charge in [-0.25, -0.2) is 4.90 Å². The zero-order valence-corrected chi connectivity index (χ0v) is 22.1. The van der Waals surface area contributed by atoms with Gasteiger partial charge in [0.25, 0.3) is 17.7 Å². The first-order valence-electron chi connectivity index (χ1n) is 10.8. The number of hydrogen-bond acceptors (Lipinski definition) is 4. The van der Waals surface area contributed by atoms with Crippen molar-refractivity contribution in [2.24, 2.45) is 0 Å². The molecule has 3 amide bonds. The molecule has 36 heavy (non-hydrogen) atoms. The van der Waals surface area contributed by atoms with Crippen LogP contribution >= 0.6 is 46.4 Å². The van der Waals surface area contributed by atoms with Crippen molar-refractivity contribution in [1.29, 1.82) is 0 Å². The SMILES string of the molecule is CC(C)c1ccccc1NC(=O)c1ccc(NC2=C(Cl)C(=O)N(c3cc(Cl)c(Cl)cc3Cl)C2=O)cc1. The minimum atomic E-state index is -0.760. The average Bonchev–Trinajstić information content (AvgIpc) is 3.05. The number of imide groups is 1. The van der Waals surface area contributed by atoms with Crippen molar-refractivity contribution in [3.8, 4) is 0 Å². The Bertz CT molecular complexity index is 1420. The summed E-state index contributed by atoms with van der Waals surface area (Å²) in [6.45, 7) is 4.11. The van der Waals surface area contributed by atoms with Crippen LogP contribution in [0.25, 0.3) is 0 Å². The van der Waals surface area contributed by atoms with Crippen LogP contribution in [0.15, 0.2) is 71.4 Å². The summed E-state index contributed by atoms with van der Waals surface area (Å²) in [5, 5.41) is 5.84. The number of carbonyl (C=O) groups excluding carboxylic acids is 3. The Labute approximate surface area is 227 Å². The van der Waals surface area contributed by atoms with Gasteiger partial charge in [0.15, 0.2) is 0 Å². The van der Waals surface area contributed by atoms with E-state index in [2.05, 4.69) is 24.5 Å². The molecule has 4 rings (SSSR count). The van der Waals surface area contributed by atoms with E-state index in [1.165, 1.54) is 12.1 Å². The second-order valence-electron chi connectivity index (χ2n) is 8.25. The molecule has 0 unspecified atom stereocenters. The van der Waals surface area contributed by atoms with Gasteiger partial charge >= 0.3 is 0 Å². The number of rotatable bonds is 6. The monoisotopic (exact) mass is 561 g/mol. The number of nitrogens with one attached hydrogen (secondary N) is 2. The molecule has 1 aliphatic rings. The van der Waals surface area contributed by atoms with Crippen molar-refractivity contribution in [2.45, 2.75) is 19.8 Å². The highest BCUT2D eigenvalue weighted by Gasteiger charge is 2.40. The maximum absolute atomic E-state index is 13.0. The van der Waals surface area contributed by atoms with Gasteiger partial charge in [-0.1, -0.05) is 78.5 Å². The fourth-order valence-electron chi connectivity index (χ4n) is 3.67. The number of anilines is 3. The fourth-order valence-corrected chi connectivity index (χ4v) is 4.51. The molecule has 0 saturated carbocycles. The molecular formula is C26H19Cl4N3O3. The van der Waals surface area contributed by atoms with Gasteiger partial charge in [0.1, 0.15) is 10.7 Å². The normalized spacial score (nSPS) is 13.6. The number of hydrogen-bond donors (Lipinski definition) is 2. The highest BCUT2D eigenvalue weighted by atomic mass is 35.5. The Morgan fingerprint density at radius 1 is 0.833 bits per heavy atom. The summed E-state index contributed by atoms with van der Waals surface area (Å²) in [7, 11) is 0. The molecule has 0 spiro atoms. The second kappa shape index (κ2) is 10.5. The molecule has 3 aromatic carbocycles. The van der Waals surface area contributed by atoms with Gasteiger partial charge in [0, 0.05) is 16.9 Å². The largest absolute Gasteiger partial charge is 0.350 e. The third kappa shape index (κ3) is 5.08. The lowest BCUT2D eigenvalue weighted by molar-refractivity contribution is -0.120. The van der Waals surface area contributed by atoms with E-state index < -0.39 is 11.8 Å². The number of nitrogens with zero attached hydrogens (tertiary/aromatic N) is 1. The standard InChI is InChI=1S/C26H19Cl4N3O3/c1-13(2)16-5-3-4-6-20(16)32-24(34)14-7-9-15(10-8-14)31-23-22(30)25(35)33(26(23)36)21-12-18(28)17(27)11-19(21)29/h3-13,31H,1-2H3,(H,32,34). The Kier molecular flexibility index (Phi) is 7.62. The van der Waals surface area contributed by atoms with Crippen molar-refractivity contribution in [2.75, 3.05) is 15.5 Å². The Morgan fingerprint density at radius 3 is 2.14 bits per heavy atom. The summed E-state index contributed by atoms with van der Waals surface area (Å²) in [5.74, 6) is -1.50. The average molecular weight is 563 g/mol. The van der Waals surface area contributed by atoms with Crippen molar-refractivity contribution in [1.82, 2.24) is 0 Å². The van der Waals surface area contributed by atoms with E-state index in [0.717, 1.165) is 16.2 Å². The van der Waals surface area contributed by atoms with Gasteiger partial charge in [-0.2, -0.15) is 0 Å². The predicted octanol–water partition coefficient (Wildman–Crippen LogP) is 7.46. The first-order chi connectivity index (χ1) is 17.1. The molecule has 1 aliphatic heterocycles. The zero-order valence-electron chi connectivity index (χ0n) is 19.0. The van der Waals surface area contributed by atoms with Crippen molar-refractivity contribution in [3.05, 3.63) is 97.6 Å². The maximum atomic E-state index is 13.0. The highest BCUT2D eigenvalue weighted by Crippen LogP contribution is 2.38. The van der Waals surface area contributed by atoms with Crippen LogP contribution in [0.5, 0.6) is 0 Å². The second-order valence-corrected chi connectivity index (χ2v) is 9.85. The molecule has 10 heteroatoms. The number of benzene rings is 3. The molecule has 2 N–H and O–H groups in total. The van der Waals surface area contributed by atoms with Gasteiger partial charge in [0.2, 0.25) is 0 Å². The van der Waals surface area contributed by atoms with Crippen molar-refractivity contribution >= 4 is 81.2 Å². The van der Waals surface area contributed by atoms with Crippen LogP contribution in [-0.4, -0.2) is 17.7 Å². The van der Waals surface area contributed by atoms with Crippen LogP contribution in [-0.2, 0) is 9.59 Å². The van der Waals surface area contributed by atoms with Crippen LogP contribution < -0.4 is 15.5 Å². The molecule has 0 aromatic heterocycles. The maximum Gasteiger partial charge on any atom is 0.283 e. The van der Waals surface area contributed by atoms with E-state index in [4.69, 9.17) is 46.4 Å². The summed E-state index contributed by atoms with van der Waals surface area (Å²) in [4.78, 5) is 39.4. The molecule has 0 radical (unpaired) electrons. The Hall–Kier alpha value is -3.03. The predicted molar refractivity (Wildman–Crippen MR) is 145 cm³/mol. The molecule has 3 aromatic rings. The fraction of sp³-hybridized carbons (Fsp3) is 0.115. The molecule has 1 heterocycles. The van der Waals surface area contributed by atoms with Crippen LogP contribution in [0.3, 0.4) is 0 Å². The molecule has 184 valence electrons. The van der Waals surface area contributed by atoms with E-state index >= 15 is 0 Å². The molecule has 0 saturated heterocycles. The Morgan fingerprint density at radius 2 is 1.47 bits per heavy atom. The first-order valence-corrected chi connectivity index (χ1v) is 12.3. The topological polar surface area (TPSA) is 78.5 Å². The zero-order chi connectivity index (χ0) is 26.1. The van der Waals surface area contributed by atoms with Gasteiger partial charge in [-0.05, 0) is 53.9 Å². The Balaban J connectivity index is 1.51. The summed E-state index contributed by atoms with van der Waals surface area (Å²) in [6.07, 6.45) is 0. The number of para-hydroxylation sites is 1. The summed E-state index contributed by atoms with van der Waals surface area (Å²) < 4.78 is 0. The summed E-state index contributed by atoms with van der Waals surface area (Å²) in [6, 6.07) is 16.7. The van der Waals surface area contributed by atoms with Crippen molar-refractivity contribution in [3.63, 3.8) is 0 Å². The quantitative estimate of drug-likeness (QED) is 0.241. The van der Waals surface area contributed by atoms with Crippen LogP contribution in [0.2, 0.25) is 15.1 Å². The third-order valence-corrected chi connectivity index (χ3v) is 6.88. The van der Waals surface area contributed by atoms with Crippen LogP contribution in [0.1, 0.15) is 35.7 Å². The lowest BCUT2D eigenvalue weighted by Gasteiger charge is -2.17. The van der Waals surface area contributed by atoms with Gasteiger partial charge in [0.05, 0.1) is 20.8 Å². The van der Waals surface area contributed by atoms with Gasteiger partial charge < -0.3 is 10.6 Å². The van der Waals surface area contributed by atoms with Gasteiger partial charge in [-0.3, -0.25) is 14.4 Å². The summed E-state index contributed by atoms with van der Waals surface area (Å²) in [5.41, 5.74) is 2.56. The lowest BCUT2D eigenvalue weighted by Crippen LogP contribution is -2.32. The molecule has 0 bridgehead atoms. The number of halogens is 4. The summed E-state index contributed by atoms with van der Waals surface area (Å²) >= 11 is 24.4. The smallest absolute Gasteiger partial charge is 0.283 e. The van der Waals surface area contributed by atoms with Crippen LogP contribution in [0.4, 0.5) is 17.1 Å². The van der Waals surface area contributed by atoms with Crippen LogP contribution in [0, 0.1) is 0 Å². The van der Waals surface area contributed by atoms with E-state index in [1.807, 2.05) is 24.3 Å². The minimum Gasteiger partial charge on any atom is -0.350 e. The molecule has 6 nitrogen and oxygen atoms in total. The van der Waals surface area contributed by atoms with Crippen molar-refractivity contribution < 1.29 is 14.4 Å². The van der Waals surface area contributed by atoms with E-state index in [1.54, 1.807) is 24.3 Å². The minimum absolute atomic E-state index is 0.0599. The lowest BCUT2D eigenvalue weighted by atomic mass is 10.0. The third-order valence-electron chi connectivity index (χ3n) is 5.51. The first kappa shape index (κ1) is 26.0. The molecule has 0 aliphatic carbocycles. The van der Waals surface area contributed by atoms with Gasteiger partial charge in [-0.15, -0.1) is 0 Å². The highest BCUT2D eigenvalue weighted by molar-refractivity contribution is 6.54. The molecule has 0 fully saturated rings.